The molecule has 1 heterocycles. The average molecular weight is 342 g/mol. The summed E-state index contributed by atoms with van der Waals surface area (Å²) < 4.78 is 38.7. The number of nitrogens with zero attached hydrogens (tertiary/aromatic N) is 1. The zero-order valence-electron chi connectivity index (χ0n) is 13.2. The number of carbonyl (C=O) groups is 3. The van der Waals surface area contributed by atoms with Gasteiger partial charge < -0.3 is 5.32 Å². The van der Waals surface area contributed by atoms with Crippen molar-refractivity contribution in [2.45, 2.75) is 39.0 Å². The highest BCUT2D eigenvalue weighted by molar-refractivity contribution is 6.06. The van der Waals surface area contributed by atoms with E-state index in [9.17, 15) is 27.6 Å². The third-order valence-corrected chi connectivity index (χ3v) is 3.95. The molecular weight excluding hydrogens is 325 g/mol. The van der Waals surface area contributed by atoms with E-state index in [1.807, 2.05) is 0 Å². The Morgan fingerprint density at radius 2 is 1.96 bits per heavy atom. The topological polar surface area (TPSA) is 66.5 Å². The minimum atomic E-state index is -4.52. The Balaban J connectivity index is 2.07. The summed E-state index contributed by atoms with van der Waals surface area (Å²) in [6, 6.07) is 3.84. The second-order valence-corrected chi connectivity index (χ2v) is 5.76. The van der Waals surface area contributed by atoms with Crippen molar-refractivity contribution in [2.24, 2.45) is 5.92 Å². The van der Waals surface area contributed by atoms with Gasteiger partial charge in [0.15, 0.2) is 0 Å². The van der Waals surface area contributed by atoms with Gasteiger partial charge in [-0.1, -0.05) is 25.1 Å². The Kier molecular flexibility index (Phi) is 4.96. The van der Waals surface area contributed by atoms with Crippen molar-refractivity contribution in [2.75, 3.05) is 0 Å². The lowest BCUT2D eigenvalue weighted by Gasteiger charge is -2.22. The molecule has 130 valence electrons. The monoisotopic (exact) mass is 342 g/mol. The highest BCUT2D eigenvalue weighted by atomic mass is 19.4. The molecule has 1 saturated heterocycles. The molecule has 0 spiro atoms. The number of carbonyl (C=O) groups excluding carboxylic acids is 3. The van der Waals surface area contributed by atoms with Crippen LogP contribution in [0.25, 0.3) is 0 Å². The number of amides is 3. The second-order valence-electron chi connectivity index (χ2n) is 5.76. The maximum atomic E-state index is 12.9. The number of rotatable bonds is 4. The number of halogens is 3. The first-order chi connectivity index (χ1) is 11.1. The molecule has 1 aromatic rings. The molecule has 2 atom stereocenters. The third-order valence-electron chi connectivity index (χ3n) is 3.95. The Morgan fingerprint density at radius 1 is 1.33 bits per heavy atom. The van der Waals surface area contributed by atoms with E-state index in [1.165, 1.54) is 25.1 Å². The fourth-order valence-electron chi connectivity index (χ4n) is 2.61. The molecule has 1 aromatic carbocycles. The molecule has 1 aliphatic rings. The Labute approximate surface area is 136 Å². The molecule has 0 radical (unpaired) electrons. The van der Waals surface area contributed by atoms with Crippen LogP contribution >= 0.6 is 0 Å². The van der Waals surface area contributed by atoms with Crippen LogP contribution in [0.2, 0.25) is 0 Å². The molecular formula is C16H17F3N2O3. The molecule has 1 N–H and O–H groups in total. The molecule has 0 bridgehead atoms. The first-order valence-corrected chi connectivity index (χ1v) is 7.41. The van der Waals surface area contributed by atoms with Crippen LogP contribution in [-0.2, 0) is 27.1 Å². The maximum absolute atomic E-state index is 12.9. The van der Waals surface area contributed by atoms with Gasteiger partial charge in [0.1, 0.15) is 6.04 Å². The van der Waals surface area contributed by atoms with Gasteiger partial charge in [0.2, 0.25) is 17.7 Å². The van der Waals surface area contributed by atoms with E-state index in [1.54, 1.807) is 6.92 Å². The number of alkyl halides is 3. The smallest absolute Gasteiger partial charge is 0.350 e. The summed E-state index contributed by atoms with van der Waals surface area (Å²) in [6.07, 6.45) is -4.49. The zero-order valence-corrected chi connectivity index (χ0v) is 13.2. The van der Waals surface area contributed by atoms with Crippen LogP contribution in [0.4, 0.5) is 13.2 Å². The van der Waals surface area contributed by atoms with Gasteiger partial charge in [-0.05, 0) is 18.6 Å². The van der Waals surface area contributed by atoms with E-state index < -0.39 is 41.4 Å². The van der Waals surface area contributed by atoms with Crippen LogP contribution in [0.3, 0.4) is 0 Å². The van der Waals surface area contributed by atoms with Crippen molar-refractivity contribution in [1.29, 1.82) is 0 Å². The van der Waals surface area contributed by atoms with Crippen LogP contribution in [0.1, 0.15) is 31.4 Å². The number of nitrogens with one attached hydrogen (secondary N) is 1. The van der Waals surface area contributed by atoms with E-state index in [-0.39, 0.29) is 18.5 Å². The van der Waals surface area contributed by atoms with Gasteiger partial charge in [0.05, 0.1) is 5.56 Å². The number of hydrogen-bond donors (Lipinski definition) is 1. The summed E-state index contributed by atoms with van der Waals surface area (Å²) in [5.74, 6) is -2.06. The third kappa shape index (κ3) is 3.58. The molecule has 0 aromatic heterocycles. The first kappa shape index (κ1) is 18.0. The van der Waals surface area contributed by atoms with Crippen molar-refractivity contribution in [3.05, 3.63) is 35.4 Å². The fourth-order valence-corrected chi connectivity index (χ4v) is 2.61. The SMILES string of the molecule is CC1CC(=O)N(C(C)C(=O)NCc2ccccc2C(F)(F)F)C1=O. The van der Waals surface area contributed by atoms with Crippen LogP contribution in [-0.4, -0.2) is 28.7 Å². The second kappa shape index (κ2) is 6.62. The zero-order chi connectivity index (χ0) is 18.1. The van der Waals surface area contributed by atoms with E-state index in [0.717, 1.165) is 11.0 Å². The molecule has 5 nitrogen and oxygen atoms in total. The Bertz CT molecular complexity index is 673. The van der Waals surface area contributed by atoms with Gasteiger partial charge in [-0.2, -0.15) is 13.2 Å². The summed E-state index contributed by atoms with van der Waals surface area (Å²) in [7, 11) is 0. The van der Waals surface area contributed by atoms with Crippen molar-refractivity contribution in [3.63, 3.8) is 0 Å². The lowest BCUT2D eigenvalue weighted by Crippen LogP contribution is -2.47. The van der Waals surface area contributed by atoms with Crippen molar-refractivity contribution >= 4 is 17.7 Å². The van der Waals surface area contributed by atoms with Gasteiger partial charge >= 0.3 is 6.18 Å². The molecule has 8 heteroatoms. The Morgan fingerprint density at radius 3 is 2.50 bits per heavy atom. The quantitative estimate of drug-likeness (QED) is 0.852. The largest absolute Gasteiger partial charge is 0.416 e. The lowest BCUT2D eigenvalue weighted by molar-refractivity contribution is -0.146. The molecule has 2 unspecified atom stereocenters. The Hall–Kier alpha value is -2.38. The molecule has 0 aliphatic carbocycles. The summed E-state index contributed by atoms with van der Waals surface area (Å²) in [6.45, 7) is 2.62. The minimum absolute atomic E-state index is 0.0351. The number of hydrogen-bond acceptors (Lipinski definition) is 3. The minimum Gasteiger partial charge on any atom is -0.350 e. The number of likely N-dealkylation sites (tertiary alicyclic amines) is 1. The number of imide groups is 1. The van der Waals surface area contributed by atoms with E-state index in [2.05, 4.69) is 5.32 Å². The van der Waals surface area contributed by atoms with Crippen molar-refractivity contribution in [1.82, 2.24) is 10.2 Å². The molecule has 0 saturated carbocycles. The van der Waals surface area contributed by atoms with Crippen LogP contribution < -0.4 is 5.32 Å². The van der Waals surface area contributed by atoms with Crippen molar-refractivity contribution in [3.8, 4) is 0 Å². The summed E-state index contributed by atoms with van der Waals surface area (Å²) in [4.78, 5) is 36.7. The first-order valence-electron chi connectivity index (χ1n) is 7.41. The maximum Gasteiger partial charge on any atom is 0.416 e. The highest BCUT2D eigenvalue weighted by Gasteiger charge is 2.41. The number of benzene rings is 1. The summed E-state index contributed by atoms with van der Waals surface area (Å²) >= 11 is 0. The predicted octanol–water partition coefficient (Wildman–Crippen LogP) is 2.11. The summed E-state index contributed by atoms with van der Waals surface area (Å²) in [5, 5.41) is 2.36. The van der Waals surface area contributed by atoms with E-state index >= 15 is 0 Å². The molecule has 24 heavy (non-hydrogen) atoms. The standard InChI is InChI=1S/C16H17F3N2O3/c1-9-7-13(22)21(15(9)24)10(2)14(23)20-8-11-5-3-4-6-12(11)16(17,18)19/h3-6,9-10H,7-8H2,1-2H3,(H,20,23). The van der Waals surface area contributed by atoms with Crippen LogP contribution in [0.15, 0.2) is 24.3 Å². The molecule has 1 aliphatic heterocycles. The van der Waals surface area contributed by atoms with Crippen LogP contribution in [0, 0.1) is 5.92 Å². The van der Waals surface area contributed by atoms with Gasteiger partial charge in [0, 0.05) is 18.9 Å². The van der Waals surface area contributed by atoms with Gasteiger partial charge in [0.25, 0.3) is 0 Å². The highest BCUT2D eigenvalue weighted by Crippen LogP contribution is 2.31. The lowest BCUT2D eigenvalue weighted by atomic mass is 10.1. The normalized spacial score (nSPS) is 19.5. The van der Waals surface area contributed by atoms with E-state index in [4.69, 9.17) is 0 Å². The average Bonchev–Trinajstić information content (AvgIpc) is 2.76. The van der Waals surface area contributed by atoms with Gasteiger partial charge in [-0.25, -0.2) is 0 Å². The summed E-state index contributed by atoms with van der Waals surface area (Å²) in [5.41, 5.74) is -0.919. The van der Waals surface area contributed by atoms with Gasteiger partial charge in [-0.3, -0.25) is 19.3 Å². The van der Waals surface area contributed by atoms with Gasteiger partial charge in [-0.15, -0.1) is 0 Å². The van der Waals surface area contributed by atoms with Crippen LogP contribution in [0.5, 0.6) is 0 Å². The molecule has 3 amide bonds. The van der Waals surface area contributed by atoms with E-state index in [0.29, 0.717) is 0 Å². The molecule has 2 rings (SSSR count). The molecule has 1 fully saturated rings. The predicted molar refractivity (Wildman–Crippen MR) is 78.4 cm³/mol. The fraction of sp³-hybridized carbons (Fsp3) is 0.438. The van der Waals surface area contributed by atoms with Crippen molar-refractivity contribution < 1.29 is 27.6 Å².